The Labute approximate surface area is 91.9 Å². The second kappa shape index (κ2) is 3.52. The van der Waals surface area contributed by atoms with Gasteiger partial charge in [-0.05, 0) is 24.1 Å². The van der Waals surface area contributed by atoms with Crippen LogP contribution in [0.5, 0.6) is 0 Å². The molecule has 1 aromatic heterocycles. The number of thiophene rings is 1. The lowest BCUT2D eigenvalue weighted by atomic mass is 10.1. The average molecular weight is 229 g/mol. The van der Waals surface area contributed by atoms with Crippen molar-refractivity contribution in [2.75, 3.05) is 0 Å². The van der Waals surface area contributed by atoms with Crippen LogP contribution in [0, 0.1) is 0 Å². The lowest BCUT2D eigenvalue weighted by Crippen LogP contribution is -1.79. The van der Waals surface area contributed by atoms with Crippen LogP contribution in [0.1, 0.15) is 12.5 Å². The van der Waals surface area contributed by atoms with Crippen molar-refractivity contribution < 1.29 is 0 Å². The number of fused-ring (bicyclic) bond motifs is 1. The van der Waals surface area contributed by atoms with E-state index in [2.05, 4.69) is 24.9 Å². The van der Waals surface area contributed by atoms with E-state index < -0.39 is 0 Å². The van der Waals surface area contributed by atoms with E-state index in [1.54, 1.807) is 11.3 Å². The zero-order valence-electron chi connectivity index (χ0n) is 7.17. The largest absolute Gasteiger partial charge is 0.142 e. The number of hydrogen-bond donors (Lipinski definition) is 1. The normalized spacial score (nSPS) is 11.0. The molecule has 0 nitrogen and oxygen atoms in total. The third-order valence-corrected chi connectivity index (χ3v) is 3.91. The first-order valence-corrected chi connectivity index (χ1v) is 5.81. The van der Waals surface area contributed by atoms with Gasteiger partial charge in [-0.25, -0.2) is 0 Å². The third kappa shape index (κ3) is 1.58. The molecule has 0 aliphatic carbocycles. The Morgan fingerprint density at radius 2 is 2.23 bits per heavy atom. The number of aryl methyl sites for hydroxylation is 1. The molecular formula is C10H9ClS2. The van der Waals surface area contributed by atoms with Gasteiger partial charge in [-0.2, -0.15) is 0 Å². The van der Waals surface area contributed by atoms with E-state index in [0.717, 1.165) is 16.3 Å². The minimum Gasteiger partial charge on any atom is -0.142 e. The molecule has 0 aliphatic heterocycles. The predicted octanol–water partition coefficient (Wildman–Crippen LogP) is 4.41. The number of rotatable bonds is 1. The van der Waals surface area contributed by atoms with Crippen molar-refractivity contribution in [3.05, 3.63) is 28.1 Å². The van der Waals surface area contributed by atoms with E-state index in [4.69, 9.17) is 11.6 Å². The minimum atomic E-state index is 0.804. The smallest absolute Gasteiger partial charge is 0.0416 e. The summed E-state index contributed by atoms with van der Waals surface area (Å²) in [5.74, 6) is 0. The number of halogens is 1. The molecule has 0 aliphatic rings. The summed E-state index contributed by atoms with van der Waals surface area (Å²) in [6.07, 6.45) is 1.02. The van der Waals surface area contributed by atoms with Crippen LogP contribution in [-0.4, -0.2) is 0 Å². The van der Waals surface area contributed by atoms with Crippen molar-refractivity contribution in [3.8, 4) is 0 Å². The molecule has 0 N–H and O–H groups in total. The lowest BCUT2D eigenvalue weighted by Gasteiger charge is -2.00. The van der Waals surface area contributed by atoms with Gasteiger partial charge >= 0.3 is 0 Å². The van der Waals surface area contributed by atoms with E-state index in [1.165, 1.54) is 15.6 Å². The van der Waals surface area contributed by atoms with E-state index in [1.807, 2.05) is 12.1 Å². The van der Waals surface area contributed by atoms with Gasteiger partial charge in [0, 0.05) is 25.4 Å². The number of benzene rings is 1. The van der Waals surface area contributed by atoms with Crippen molar-refractivity contribution in [1.82, 2.24) is 0 Å². The maximum absolute atomic E-state index is 6.00. The predicted molar refractivity (Wildman–Crippen MR) is 63.5 cm³/mol. The fraction of sp³-hybridized carbons (Fsp3) is 0.200. The Morgan fingerprint density at radius 3 is 2.92 bits per heavy atom. The second-order valence-corrected chi connectivity index (χ2v) is 4.71. The van der Waals surface area contributed by atoms with Gasteiger partial charge in [0.05, 0.1) is 0 Å². The summed E-state index contributed by atoms with van der Waals surface area (Å²) >= 11 is 12.1. The summed E-state index contributed by atoms with van der Waals surface area (Å²) in [6.45, 7) is 2.14. The van der Waals surface area contributed by atoms with Crippen LogP contribution < -0.4 is 0 Å². The van der Waals surface area contributed by atoms with Crippen LogP contribution >= 0.6 is 35.6 Å². The first kappa shape index (κ1) is 9.38. The molecule has 0 radical (unpaired) electrons. The van der Waals surface area contributed by atoms with Crippen LogP contribution in [0.3, 0.4) is 0 Å². The van der Waals surface area contributed by atoms with E-state index in [-0.39, 0.29) is 0 Å². The summed E-state index contributed by atoms with van der Waals surface area (Å²) in [7, 11) is 0. The van der Waals surface area contributed by atoms with Crippen molar-refractivity contribution in [2.24, 2.45) is 0 Å². The molecule has 68 valence electrons. The number of hydrogen-bond acceptors (Lipinski definition) is 2. The highest BCUT2D eigenvalue weighted by Crippen LogP contribution is 2.34. The monoisotopic (exact) mass is 228 g/mol. The van der Waals surface area contributed by atoms with Gasteiger partial charge in [-0.15, -0.1) is 24.0 Å². The van der Waals surface area contributed by atoms with Crippen LogP contribution in [0.4, 0.5) is 0 Å². The highest BCUT2D eigenvalue weighted by Gasteiger charge is 2.06. The Bertz CT molecular complexity index is 445. The fourth-order valence-electron chi connectivity index (χ4n) is 1.42. The van der Waals surface area contributed by atoms with Gasteiger partial charge in [0.2, 0.25) is 0 Å². The molecule has 0 atom stereocenters. The first-order chi connectivity index (χ1) is 6.22. The average Bonchev–Trinajstić information content (AvgIpc) is 2.47. The van der Waals surface area contributed by atoms with Gasteiger partial charge < -0.3 is 0 Å². The number of thiol groups is 1. The van der Waals surface area contributed by atoms with Crippen LogP contribution in [-0.2, 0) is 6.42 Å². The van der Waals surface area contributed by atoms with Gasteiger partial charge in [0.1, 0.15) is 0 Å². The van der Waals surface area contributed by atoms with E-state index >= 15 is 0 Å². The van der Waals surface area contributed by atoms with Gasteiger partial charge in [-0.1, -0.05) is 18.5 Å². The molecule has 0 saturated heterocycles. The van der Waals surface area contributed by atoms with Crippen molar-refractivity contribution in [2.45, 2.75) is 18.2 Å². The molecule has 0 unspecified atom stereocenters. The van der Waals surface area contributed by atoms with E-state index in [9.17, 15) is 0 Å². The van der Waals surface area contributed by atoms with Crippen molar-refractivity contribution in [3.63, 3.8) is 0 Å². The standard InChI is InChI=1S/C10H9ClS2/c1-2-6-3-7(11)4-8-9(12)5-13-10(6)8/h3-5,12H,2H2,1H3. The molecule has 1 heterocycles. The van der Waals surface area contributed by atoms with Gasteiger partial charge in [0.15, 0.2) is 0 Å². The molecular weight excluding hydrogens is 220 g/mol. The first-order valence-electron chi connectivity index (χ1n) is 4.11. The van der Waals surface area contributed by atoms with Crippen LogP contribution in [0.2, 0.25) is 5.02 Å². The molecule has 1 aromatic carbocycles. The molecule has 0 amide bonds. The minimum absolute atomic E-state index is 0.804. The Hall–Kier alpha value is -0.180. The fourth-order valence-corrected chi connectivity index (χ4v) is 3.08. The summed E-state index contributed by atoms with van der Waals surface area (Å²) in [5, 5.41) is 4.04. The molecule has 2 rings (SSSR count). The summed E-state index contributed by atoms with van der Waals surface area (Å²) < 4.78 is 1.32. The SMILES string of the molecule is CCc1cc(Cl)cc2c(S)csc12. The molecule has 0 spiro atoms. The molecule has 3 heteroatoms. The Kier molecular flexibility index (Phi) is 2.54. The van der Waals surface area contributed by atoms with Crippen molar-refractivity contribution >= 4 is 45.7 Å². The van der Waals surface area contributed by atoms with Crippen LogP contribution in [0.25, 0.3) is 10.1 Å². The maximum Gasteiger partial charge on any atom is 0.0416 e. The summed E-state index contributed by atoms with van der Waals surface area (Å²) in [6, 6.07) is 4.02. The van der Waals surface area contributed by atoms with Gasteiger partial charge in [-0.3, -0.25) is 0 Å². The molecule has 0 bridgehead atoms. The molecule has 0 fully saturated rings. The highest BCUT2D eigenvalue weighted by molar-refractivity contribution is 7.80. The van der Waals surface area contributed by atoms with Crippen molar-refractivity contribution in [1.29, 1.82) is 0 Å². The maximum atomic E-state index is 6.00. The molecule has 13 heavy (non-hydrogen) atoms. The molecule has 2 aromatic rings. The molecule has 0 saturated carbocycles. The quantitative estimate of drug-likeness (QED) is 0.687. The lowest BCUT2D eigenvalue weighted by molar-refractivity contribution is 1.16. The van der Waals surface area contributed by atoms with Crippen LogP contribution in [0.15, 0.2) is 22.4 Å². The van der Waals surface area contributed by atoms with Gasteiger partial charge in [0.25, 0.3) is 0 Å². The summed E-state index contributed by atoms with van der Waals surface area (Å²) in [5.41, 5.74) is 1.31. The third-order valence-electron chi connectivity index (χ3n) is 2.08. The topological polar surface area (TPSA) is 0 Å². The Balaban J connectivity index is 2.84. The highest BCUT2D eigenvalue weighted by atomic mass is 35.5. The second-order valence-electron chi connectivity index (χ2n) is 2.92. The zero-order chi connectivity index (χ0) is 9.42. The Morgan fingerprint density at radius 1 is 1.46 bits per heavy atom. The van der Waals surface area contributed by atoms with E-state index in [0.29, 0.717) is 0 Å². The zero-order valence-corrected chi connectivity index (χ0v) is 9.64. The summed E-state index contributed by atoms with van der Waals surface area (Å²) in [4.78, 5) is 1.03.